The Kier molecular flexibility index (Phi) is 6.32. The molecule has 0 saturated carbocycles. The molecule has 0 aliphatic heterocycles. The molecule has 41 heavy (non-hydrogen) atoms. The molecule has 0 bridgehead atoms. The molecule has 0 aliphatic rings. The van der Waals surface area contributed by atoms with Gasteiger partial charge in [0.15, 0.2) is 6.29 Å². The van der Waals surface area contributed by atoms with Gasteiger partial charge in [-0.2, -0.15) is 0 Å². The smallest absolute Gasteiger partial charge is 0.354 e. The maximum Gasteiger partial charge on any atom is 0.354 e. The number of nitrogens with zero attached hydrogens (tertiary/aromatic N) is 2. The lowest BCUT2D eigenvalue weighted by molar-refractivity contribution is 0.0680. The molecule has 0 aliphatic carbocycles. The van der Waals surface area contributed by atoms with E-state index in [1.807, 2.05) is 61.5 Å². The summed E-state index contributed by atoms with van der Waals surface area (Å²) in [6.07, 6.45) is 0.651. The van der Waals surface area contributed by atoms with Crippen LogP contribution in [0.5, 0.6) is 0 Å². The Labute approximate surface area is 234 Å². The summed E-state index contributed by atoms with van der Waals surface area (Å²) < 4.78 is 0. The van der Waals surface area contributed by atoms with E-state index in [9.17, 15) is 24.6 Å². The highest BCUT2D eigenvalue weighted by Crippen LogP contribution is 2.31. The van der Waals surface area contributed by atoms with E-state index in [4.69, 9.17) is 0 Å². The lowest BCUT2D eigenvalue weighted by atomic mass is 9.96. The van der Waals surface area contributed by atoms with Crippen molar-refractivity contribution >= 4 is 40.0 Å². The Hall–Kier alpha value is -5.69. The molecule has 7 heteroatoms. The molecule has 6 rings (SSSR count). The summed E-state index contributed by atoms with van der Waals surface area (Å²) in [5.74, 6) is -2.22. The molecule has 7 nitrogen and oxygen atoms in total. The Morgan fingerprint density at radius 3 is 1.41 bits per heavy atom. The van der Waals surface area contributed by atoms with Crippen LogP contribution in [0.1, 0.15) is 36.9 Å². The minimum Gasteiger partial charge on any atom is -0.477 e. The topological polar surface area (TPSA) is 117 Å². The summed E-state index contributed by atoms with van der Waals surface area (Å²) in [5.41, 5.74) is 8.13. The number of pyridine rings is 2. The zero-order chi connectivity index (χ0) is 28.7. The first kappa shape index (κ1) is 25.6. The van der Waals surface area contributed by atoms with Crippen LogP contribution in [0.3, 0.4) is 0 Å². The molecule has 0 fully saturated rings. The Morgan fingerprint density at radius 2 is 0.951 bits per heavy atom. The monoisotopic (exact) mass is 538 g/mol. The SMILES string of the molecule is Cc1cc(C(=O)O)nc2ccc(-c3ccc(-c4ccc(-c5ccc6nc(C(=O)O)cc(C=O)c6c5)cc4)cc3)cc12. The van der Waals surface area contributed by atoms with Crippen LogP contribution in [0.15, 0.2) is 97.1 Å². The van der Waals surface area contributed by atoms with Crippen molar-refractivity contribution in [1.29, 1.82) is 0 Å². The first-order chi connectivity index (χ1) is 19.8. The maximum atomic E-state index is 11.6. The van der Waals surface area contributed by atoms with Crippen LogP contribution in [0.25, 0.3) is 55.2 Å². The highest BCUT2D eigenvalue weighted by atomic mass is 16.4. The average Bonchev–Trinajstić information content (AvgIpc) is 3.00. The van der Waals surface area contributed by atoms with E-state index in [0.29, 0.717) is 22.7 Å². The molecule has 0 unspecified atom stereocenters. The van der Waals surface area contributed by atoms with E-state index < -0.39 is 11.9 Å². The van der Waals surface area contributed by atoms with Crippen LogP contribution in [0, 0.1) is 6.92 Å². The number of hydrogen-bond donors (Lipinski definition) is 2. The first-order valence-electron chi connectivity index (χ1n) is 12.8. The van der Waals surface area contributed by atoms with Crippen LogP contribution in [-0.4, -0.2) is 38.4 Å². The molecule has 0 amide bonds. The van der Waals surface area contributed by atoms with E-state index in [1.54, 1.807) is 12.1 Å². The van der Waals surface area contributed by atoms with Gasteiger partial charge < -0.3 is 10.2 Å². The van der Waals surface area contributed by atoms with Crippen molar-refractivity contribution in [2.75, 3.05) is 0 Å². The molecule has 0 atom stereocenters. The number of aromatic carboxylic acids is 2. The number of aryl methyl sites for hydroxylation is 1. The number of carboxylic acid groups (broad SMARTS) is 2. The Bertz CT molecular complexity index is 2010. The number of aromatic nitrogens is 2. The van der Waals surface area contributed by atoms with E-state index in [1.165, 1.54) is 6.07 Å². The van der Waals surface area contributed by atoms with Gasteiger partial charge in [-0.05, 0) is 82.3 Å². The number of benzene rings is 4. The Balaban J connectivity index is 1.27. The van der Waals surface area contributed by atoms with Crippen molar-refractivity contribution in [2.24, 2.45) is 0 Å². The fourth-order valence-corrected chi connectivity index (χ4v) is 5.03. The molecule has 2 N–H and O–H groups in total. The van der Waals surface area contributed by atoms with Crippen molar-refractivity contribution in [3.05, 3.63) is 120 Å². The van der Waals surface area contributed by atoms with Crippen LogP contribution in [-0.2, 0) is 0 Å². The van der Waals surface area contributed by atoms with Crippen molar-refractivity contribution in [3.8, 4) is 33.4 Å². The molecule has 0 spiro atoms. The third-order valence-electron chi connectivity index (χ3n) is 7.19. The van der Waals surface area contributed by atoms with Gasteiger partial charge in [0, 0.05) is 16.3 Å². The zero-order valence-electron chi connectivity index (χ0n) is 21.8. The van der Waals surface area contributed by atoms with Gasteiger partial charge in [0.05, 0.1) is 11.0 Å². The van der Waals surface area contributed by atoms with Crippen molar-refractivity contribution in [2.45, 2.75) is 6.92 Å². The van der Waals surface area contributed by atoms with Crippen molar-refractivity contribution in [3.63, 3.8) is 0 Å². The molecular formula is C34H22N2O5. The van der Waals surface area contributed by atoms with E-state index in [0.717, 1.165) is 44.3 Å². The van der Waals surface area contributed by atoms with Crippen molar-refractivity contribution in [1.82, 2.24) is 9.97 Å². The molecule has 198 valence electrons. The first-order valence-corrected chi connectivity index (χ1v) is 12.8. The lowest BCUT2D eigenvalue weighted by Crippen LogP contribution is -2.02. The Morgan fingerprint density at radius 1 is 0.561 bits per heavy atom. The number of carbonyl (C=O) groups is 3. The van der Waals surface area contributed by atoms with Crippen LogP contribution in [0.4, 0.5) is 0 Å². The van der Waals surface area contributed by atoms with E-state index in [-0.39, 0.29) is 17.0 Å². The quantitative estimate of drug-likeness (QED) is 0.214. The summed E-state index contributed by atoms with van der Waals surface area (Å²) in [6.45, 7) is 1.89. The predicted octanol–water partition coefficient (Wildman–Crippen LogP) is 7.30. The minimum atomic E-state index is -1.18. The molecule has 4 aromatic carbocycles. The van der Waals surface area contributed by atoms with Crippen LogP contribution in [0.2, 0.25) is 0 Å². The second-order valence-electron chi connectivity index (χ2n) is 9.77. The summed E-state index contributed by atoms with van der Waals surface area (Å²) in [5, 5.41) is 20.1. The van der Waals surface area contributed by atoms with Gasteiger partial charge >= 0.3 is 11.9 Å². The van der Waals surface area contributed by atoms with Crippen LogP contribution >= 0.6 is 0 Å². The number of carbonyl (C=O) groups excluding carboxylic acids is 1. The van der Waals surface area contributed by atoms with Gasteiger partial charge in [-0.15, -0.1) is 0 Å². The summed E-state index contributed by atoms with van der Waals surface area (Å²) in [4.78, 5) is 42.7. The molecule has 6 aromatic rings. The number of rotatable bonds is 6. The summed E-state index contributed by atoms with van der Waals surface area (Å²) in [7, 11) is 0. The average molecular weight is 539 g/mol. The highest BCUT2D eigenvalue weighted by Gasteiger charge is 2.13. The van der Waals surface area contributed by atoms with Gasteiger partial charge in [0.25, 0.3) is 0 Å². The van der Waals surface area contributed by atoms with Gasteiger partial charge in [-0.3, -0.25) is 4.79 Å². The number of hydrogen-bond acceptors (Lipinski definition) is 5. The molecule has 0 radical (unpaired) electrons. The molecular weight excluding hydrogens is 516 g/mol. The number of carboxylic acids is 2. The summed E-state index contributed by atoms with van der Waals surface area (Å²) in [6, 6.07) is 30.5. The molecule has 0 saturated heterocycles. The van der Waals surface area contributed by atoms with Gasteiger partial charge in [0.1, 0.15) is 11.4 Å². The number of fused-ring (bicyclic) bond motifs is 2. The van der Waals surface area contributed by atoms with E-state index in [2.05, 4.69) is 34.2 Å². The highest BCUT2D eigenvalue weighted by molar-refractivity contribution is 6.01. The maximum absolute atomic E-state index is 11.6. The predicted molar refractivity (Wildman–Crippen MR) is 157 cm³/mol. The normalized spacial score (nSPS) is 11.0. The zero-order valence-corrected chi connectivity index (χ0v) is 21.8. The van der Waals surface area contributed by atoms with Gasteiger partial charge in [0.2, 0.25) is 0 Å². The fraction of sp³-hybridized carbons (Fsp3) is 0.0294. The fourth-order valence-electron chi connectivity index (χ4n) is 5.03. The van der Waals surface area contributed by atoms with Crippen LogP contribution < -0.4 is 0 Å². The van der Waals surface area contributed by atoms with Gasteiger partial charge in [-0.1, -0.05) is 60.7 Å². The lowest BCUT2D eigenvalue weighted by Gasteiger charge is -2.10. The van der Waals surface area contributed by atoms with Crippen molar-refractivity contribution < 1.29 is 24.6 Å². The third-order valence-corrected chi connectivity index (χ3v) is 7.19. The minimum absolute atomic E-state index is 0.0378. The van der Waals surface area contributed by atoms with Gasteiger partial charge in [-0.25, -0.2) is 19.6 Å². The largest absolute Gasteiger partial charge is 0.477 e. The molecule has 2 aromatic heterocycles. The second-order valence-corrected chi connectivity index (χ2v) is 9.77. The third kappa shape index (κ3) is 4.81. The number of aldehydes is 1. The van der Waals surface area contributed by atoms with E-state index >= 15 is 0 Å². The standard InChI is InChI=1S/C34H22N2O5/c1-19-14-31(33(38)39)35-29-12-10-24(15-27(19)29)22-6-2-20(3-7-22)21-4-8-23(9-5-21)25-11-13-30-28(16-25)26(18-37)17-32(36-30)34(40)41/h2-18H,1H3,(H,38,39)(H,40,41). The summed E-state index contributed by atoms with van der Waals surface area (Å²) >= 11 is 0. The second kappa shape index (κ2) is 10.1. The molecule has 2 heterocycles.